The standard InChI is InChI=1S/C12H24ClN3O2S/c1-2-14-7-9-16(10-8-14)19(17,18)15-5-3-12(11-13)4-6-15/h12H,2-11H2,1H3. The Morgan fingerprint density at radius 1 is 1.00 bits per heavy atom. The summed E-state index contributed by atoms with van der Waals surface area (Å²) >= 11 is 5.84. The van der Waals surface area contributed by atoms with Gasteiger partial charge < -0.3 is 4.90 Å². The molecule has 0 radical (unpaired) electrons. The highest BCUT2D eigenvalue weighted by Gasteiger charge is 2.34. The summed E-state index contributed by atoms with van der Waals surface area (Å²) < 4.78 is 28.3. The van der Waals surface area contributed by atoms with Crippen LogP contribution >= 0.6 is 11.6 Å². The van der Waals surface area contributed by atoms with E-state index in [1.165, 1.54) is 0 Å². The van der Waals surface area contributed by atoms with Crippen LogP contribution in [0.1, 0.15) is 19.8 Å². The highest BCUT2D eigenvalue weighted by molar-refractivity contribution is 7.86. The van der Waals surface area contributed by atoms with Crippen molar-refractivity contribution in [3.8, 4) is 0 Å². The summed E-state index contributed by atoms with van der Waals surface area (Å²) in [5.74, 6) is 1.12. The van der Waals surface area contributed by atoms with Gasteiger partial charge in [-0.05, 0) is 25.3 Å². The van der Waals surface area contributed by atoms with Gasteiger partial charge in [-0.25, -0.2) is 0 Å². The first-order chi connectivity index (χ1) is 9.07. The van der Waals surface area contributed by atoms with Crippen LogP contribution in [0.15, 0.2) is 0 Å². The molecule has 0 spiro atoms. The molecule has 2 fully saturated rings. The molecule has 2 saturated heterocycles. The normalized spacial score (nSPS) is 25.8. The molecule has 2 heterocycles. The predicted molar refractivity (Wildman–Crippen MR) is 77.6 cm³/mol. The number of hydrogen-bond acceptors (Lipinski definition) is 3. The zero-order valence-corrected chi connectivity index (χ0v) is 13.2. The van der Waals surface area contributed by atoms with E-state index in [1.807, 2.05) is 0 Å². The number of nitrogens with zero attached hydrogens (tertiary/aromatic N) is 3. The zero-order valence-electron chi connectivity index (χ0n) is 11.6. The van der Waals surface area contributed by atoms with Gasteiger partial charge in [-0.3, -0.25) is 0 Å². The van der Waals surface area contributed by atoms with E-state index in [0.717, 1.165) is 32.5 Å². The summed E-state index contributed by atoms with van der Waals surface area (Å²) in [4.78, 5) is 2.28. The summed E-state index contributed by atoms with van der Waals surface area (Å²) in [6.07, 6.45) is 1.77. The number of alkyl halides is 1. The van der Waals surface area contributed by atoms with Crippen LogP contribution in [-0.2, 0) is 10.2 Å². The van der Waals surface area contributed by atoms with Gasteiger partial charge in [0.15, 0.2) is 0 Å². The first kappa shape index (κ1) is 15.5. The van der Waals surface area contributed by atoms with Crippen molar-refractivity contribution in [1.29, 1.82) is 0 Å². The highest BCUT2D eigenvalue weighted by Crippen LogP contribution is 2.22. The van der Waals surface area contributed by atoms with Crippen molar-refractivity contribution in [3.63, 3.8) is 0 Å². The van der Waals surface area contributed by atoms with Gasteiger partial charge in [-0.2, -0.15) is 17.0 Å². The van der Waals surface area contributed by atoms with Crippen LogP contribution in [0.2, 0.25) is 0 Å². The first-order valence-corrected chi connectivity index (χ1v) is 9.04. The fraction of sp³-hybridized carbons (Fsp3) is 1.00. The number of piperidine rings is 1. The van der Waals surface area contributed by atoms with Crippen LogP contribution in [0.5, 0.6) is 0 Å². The van der Waals surface area contributed by atoms with Crippen LogP contribution in [-0.4, -0.2) is 73.6 Å². The van der Waals surface area contributed by atoms with Gasteiger partial charge in [0.1, 0.15) is 0 Å². The first-order valence-electron chi connectivity index (χ1n) is 7.11. The lowest BCUT2D eigenvalue weighted by Crippen LogP contribution is -2.54. The second-order valence-electron chi connectivity index (χ2n) is 5.34. The van der Waals surface area contributed by atoms with E-state index in [0.29, 0.717) is 38.0 Å². The summed E-state index contributed by atoms with van der Waals surface area (Å²) in [6.45, 7) is 7.26. The topological polar surface area (TPSA) is 43.9 Å². The zero-order chi connectivity index (χ0) is 13.9. The fourth-order valence-corrected chi connectivity index (χ4v) is 4.67. The molecule has 19 heavy (non-hydrogen) atoms. The van der Waals surface area contributed by atoms with Crippen LogP contribution in [0.25, 0.3) is 0 Å². The number of halogens is 1. The Morgan fingerprint density at radius 3 is 2.00 bits per heavy atom. The van der Waals surface area contributed by atoms with Gasteiger partial charge in [0.2, 0.25) is 0 Å². The maximum atomic E-state index is 12.5. The lowest BCUT2D eigenvalue weighted by molar-refractivity contribution is 0.183. The van der Waals surface area contributed by atoms with E-state index in [4.69, 9.17) is 11.6 Å². The van der Waals surface area contributed by atoms with Gasteiger partial charge in [0.05, 0.1) is 0 Å². The molecule has 0 aromatic heterocycles. The maximum absolute atomic E-state index is 12.5. The molecule has 2 aliphatic rings. The van der Waals surface area contributed by atoms with Crippen LogP contribution in [0, 0.1) is 5.92 Å². The molecule has 7 heteroatoms. The van der Waals surface area contributed by atoms with Crippen molar-refractivity contribution in [1.82, 2.24) is 13.5 Å². The quantitative estimate of drug-likeness (QED) is 0.722. The molecule has 2 aliphatic heterocycles. The molecular formula is C12H24ClN3O2S. The van der Waals surface area contributed by atoms with E-state index in [1.54, 1.807) is 8.61 Å². The van der Waals surface area contributed by atoms with E-state index >= 15 is 0 Å². The Morgan fingerprint density at radius 2 is 1.53 bits per heavy atom. The van der Waals surface area contributed by atoms with Gasteiger partial charge in [-0.1, -0.05) is 6.92 Å². The van der Waals surface area contributed by atoms with Crippen LogP contribution in [0.4, 0.5) is 0 Å². The van der Waals surface area contributed by atoms with E-state index in [2.05, 4.69) is 11.8 Å². The van der Waals surface area contributed by atoms with Crippen LogP contribution < -0.4 is 0 Å². The molecule has 0 unspecified atom stereocenters. The minimum atomic E-state index is -3.25. The second kappa shape index (κ2) is 6.72. The van der Waals surface area contributed by atoms with Crippen molar-refractivity contribution >= 4 is 21.8 Å². The van der Waals surface area contributed by atoms with Crippen molar-refractivity contribution < 1.29 is 8.42 Å². The molecule has 5 nitrogen and oxygen atoms in total. The molecule has 0 saturated carbocycles. The Bertz CT molecular complexity index is 344. The Kier molecular flexibility index (Phi) is 5.48. The lowest BCUT2D eigenvalue weighted by Gasteiger charge is -2.38. The average molecular weight is 310 g/mol. The lowest BCUT2D eigenvalue weighted by atomic mass is 10.0. The Labute approximate surface area is 121 Å². The molecule has 0 aromatic rings. The summed E-state index contributed by atoms with van der Waals surface area (Å²) in [5, 5.41) is 0. The van der Waals surface area contributed by atoms with Gasteiger partial charge >= 0.3 is 0 Å². The van der Waals surface area contributed by atoms with Gasteiger partial charge in [0, 0.05) is 45.1 Å². The van der Waals surface area contributed by atoms with Gasteiger partial charge in [0.25, 0.3) is 10.2 Å². The summed E-state index contributed by atoms with van der Waals surface area (Å²) in [5.41, 5.74) is 0. The molecule has 2 rings (SSSR count). The number of likely N-dealkylation sites (N-methyl/N-ethyl adjacent to an activating group) is 1. The maximum Gasteiger partial charge on any atom is 0.282 e. The third kappa shape index (κ3) is 3.61. The van der Waals surface area contributed by atoms with Crippen molar-refractivity contribution in [2.45, 2.75) is 19.8 Å². The Balaban J connectivity index is 1.92. The van der Waals surface area contributed by atoms with E-state index in [9.17, 15) is 8.42 Å². The monoisotopic (exact) mass is 309 g/mol. The molecule has 0 bridgehead atoms. The number of rotatable bonds is 4. The molecule has 0 aromatic carbocycles. The van der Waals surface area contributed by atoms with Crippen molar-refractivity contribution in [3.05, 3.63) is 0 Å². The molecule has 0 amide bonds. The highest BCUT2D eigenvalue weighted by atomic mass is 35.5. The van der Waals surface area contributed by atoms with E-state index in [-0.39, 0.29) is 0 Å². The summed E-state index contributed by atoms with van der Waals surface area (Å²) in [7, 11) is -3.25. The summed E-state index contributed by atoms with van der Waals surface area (Å²) in [6, 6.07) is 0. The minimum absolute atomic E-state index is 0.477. The smallest absolute Gasteiger partial charge is 0.282 e. The van der Waals surface area contributed by atoms with Crippen molar-refractivity contribution in [2.24, 2.45) is 5.92 Å². The van der Waals surface area contributed by atoms with Crippen LogP contribution in [0.3, 0.4) is 0 Å². The number of hydrogen-bond donors (Lipinski definition) is 0. The molecule has 0 atom stereocenters. The Hall–Kier alpha value is 0.120. The fourth-order valence-electron chi connectivity index (χ4n) is 2.73. The van der Waals surface area contributed by atoms with E-state index < -0.39 is 10.2 Å². The molecule has 0 aliphatic carbocycles. The van der Waals surface area contributed by atoms with Gasteiger partial charge in [-0.15, -0.1) is 11.6 Å². The minimum Gasteiger partial charge on any atom is -0.301 e. The molecule has 112 valence electrons. The average Bonchev–Trinajstić information content (AvgIpc) is 2.47. The third-order valence-corrected chi connectivity index (χ3v) is 6.69. The third-order valence-electron chi connectivity index (χ3n) is 4.22. The SMILES string of the molecule is CCN1CCN(S(=O)(=O)N2CCC(CCl)CC2)CC1. The largest absolute Gasteiger partial charge is 0.301 e. The number of piperazine rings is 1. The van der Waals surface area contributed by atoms with Crippen molar-refractivity contribution in [2.75, 3.05) is 51.7 Å². The molecule has 0 N–H and O–H groups in total. The molecular weight excluding hydrogens is 286 g/mol. The second-order valence-corrected chi connectivity index (χ2v) is 7.57. The predicted octanol–water partition coefficient (Wildman–Crippen LogP) is 0.819.